The molecule has 1 nitrogen and oxygen atoms in total. The predicted octanol–water partition coefficient (Wildman–Crippen LogP) is 3.09. The molecule has 0 aliphatic rings. The second kappa shape index (κ2) is 5.64. The van der Waals surface area contributed by atoms with Gasteiger partial charge in [-0.1, -0.05) is 26.0 Å². The van der Waals surface area contributed by atoms with Crippen molar-refractivity contribution in [3.05, 3.63) is 29.8 Å². The summed E-state index contributed by atoms with van der Waals surface area (Å²) in [5, 5.41) is 0. The third-order valence-electron chi connectivity index (χ3n) is 1.52. The summed E-state index contributed by atoms with van der Waals surface area (Å²) in [7, 11) is 4.10. The van der Waals surface area contributed by atoms with Crippen LogP contribution in [-0.4, -0.2) is 14.1 Å². The summed E-state index contributed by atoms with van der Waals surface area (Å²) in [5.74, 6) is 0. The highest BCUT2D eigenvalue weighted by Crippen LogP contribution is 2.11. The minimum absolute atomic E-state index is 1.26. The van der Waals surface area contributed by atoms with Crippen molar-refractivity contribution in [3.63, 3.8) is 0 Å². The van der Waals surface area contributed by atoms with E-state index in [2.05, 4.69) is 50.2 Å². The number of hydrogen-bond donors (Lipinski definition) is 0. The van der Waals surface area contributed by atoms with Gasteiger partial charge in [0.15, 0.2) is 0 Å². The molecule has 0 amide bonds. The highest BCUT2D eigenvalue weighted by molar-refractivity contribution is 5.46. The highest BCUT2D eigenvalue weighted by Gasteiger charge is 1.91. The van der Waals surface area contributed by atoms with Gasteiger partial charge in [-0.05, 0) is 24.6 Å². The van der Waals surface area contributed by atoms with Crippen LogP contribution in [0.4, 0.5) is 5.69 Å². The van der Waals surface area contributed by atoms with E-state index in [0.29, 0.717) is 0 Å². The molecule has 0 spiro atoms. The Kier molecular flexibility index (Phi) is 5.18. The summed E-state index contributed by atoms with van der Waals surface area (Å²) in [6.45, 7) is 6.10. The Morgan fingerprint density at radius 1 is 1.08 bits per heavy atom. The lowest BCUT2D eigenvalue weighted by atomic mass is 10.2. The number of aryl methyl sites for hydroxylation is 1. The Bertz CT molecular complexity index is 216. The first-order chi connectivity index (χ1) is 5.70. The van der Waals surface area contributed by atoms with Gasteiger partial charge < -0.3 is 4.90 Å². The molecule has 0 saturated heterocycles. The molecule has 1 aromatic carbocycles. The van der Waals surface area contributed by atoms with E-state index in [4.69, 9.17) is 0 Å². The third kappa shape index (κ3) is 3.42. The minimum Gasteiger partial charge on any atom is -0.378 e. The number of nitrogens with zero attached hydrogens (tertiary/aromatic N) is 1. The van der Waals surface area contributed by atoms with Gasteiger partial charge >= 0.3 is 0 Å². The fourth-order valence-electron chi connectivity index (χ4n) is 0.906. The summed E-state index contributed by atoms with van der Waals surface area (Å²) >= 11 is 0. The van der Waals surface area contributed by atoms with Crippen molar-refractivity contribution in [2.75, 3.05) is 19.0 Å². The van der Waals surface area contributed by atoms with Crippen LogP contribution in [0.15, 0.2) is 24.3 Å². The predicted molar refractivity (Wildman–Crippen MR) is 56.9 cm³/mol. The number of anilines is 1. The number of benzene rings is 1. The van der Waals surface area contributed by atoms with Gasteiger partial charge in [-0.2, -0.15) is 0 Å². The van der Waals surface area contributed by atoms with E-state index in [-0.39, 0.29) is 0 Å². The van der Waals surface area contributed by atoms with E-state index in [1.54, 1.807) is 0 Å². The van der Waals surface area contributed by atoms with Gasteiger partial charge in [0.05, 0.1) is 0 Å². The molecule has 68 valence electrons. The molecule has 12 heavy (non-hydrogen) atoms. The first-order valence-corrected chi connectivity index (χ1v) is 4.44. The Morgan fingerprint density at radius 3 is 2.00 bits per heavy atom. The standard InChI is InChI=1S/C9H13N.C2H6/c1-8-5-4-6-9(7-8)10(2)3;1-2/h4-7H,1-3H3;1-2H3. The van der Waals surface area contributed by atoms with Gasteiger partial charge in [0.2, 0.25) is 0 Å². The molecule has 1 aromatic rings. The maximum absolute atomic E-state index is 2.17. The lowest BCUT2D eigenvalue weighted by Crippen LogP contribution is -2.08. The van der Waals surface area contributed by atoms with E-state index in [9.17, 15) is 0 Å². The normalized spacial score (nSPS) is 8.42. The first-order valence-electron chi connectivity index (χ1n) is 4.44. The molecule has 0 bridgehead atoms. The fraction of sp³-hybridized carbons (Fsp3) is 0.455. The maximum Gasteiger partial charge on any atom is 0.0363 e. The van der Waals surface area contributed by atoms with Crippen LogP contribution in [0.3, 0.4) is 0 Å². The molecule has 0 aromatic heterocycles. The molecule has 0 unspecified atom stereocenters. The Labute approximate surface area is 76.0 Å². The van der Waals surface area contributed by atoms with E-state index >= 15 is 0 Å². The molecule has 0 aliphatic heterocycles. The summed E-state index contributed by atoms with van der Waals surface area (Å²) < 4.78 is 0. The Balaban J connectivity index is 0.000000561. The van der Waals surface area contributed by atoms with E-state index in [0.717, 1.165) is 0 Å². The molecular formula is C11H19N. The third-order valence-corrected chi connectivity index (χ3v) is 1.52. The van der Waals surface area contributed by atoms with Crippen molar-refractivity contribution < 1.29 is 0 Å². The van der Waals surface area contributed by atoms with Crippen LogP contribution in [0.5, 0.6) is 0 Å². The van der Waals surface area contributed by atoms with E-state index in [1.807, 2.05) is 13.8 Å². The number of hydrogen-bond acceptors (Lipinski definition) is 1. The van der Waals surface area contributed by atoms with Crippen molar-refractivity contribution >= 4 is 5.69 Å². The zero-order chi connectivity index (χ0) is 9.56. The SMILES string of the molecule is CC.Cc1cccc(N(C)C)c1. The van der Waals surface area contributed by atoms with Gasteiger partial charge in [-0.3, -0.25) is 0 Å². The van der Waals surface area contributed by atoms with Crippen molar-refractivity contribution in [1.82, 2.24) is 0 Å². The lowest BCUT2D eigenvalue weighted by molar-refractivity contribution is 1.13. The van der Waals surface area contributed by atoms with Crippen molar-refractivity contribution in [2.24, 2.45) is 0 Å². The lowest BCUT2D eigenvalue weighted by Gasteiger charge is -2.11. The summed E-state index contributed by atoms with van der Waals surface area (Å²) in [6.07, 6.45) is 0. The van der Waals surface area contributed by atoms with Crippen molar-refractivity contribution in [1.29, 1.82) is 0 Å². The molecular weight excluding hydrogens is 146 g/mol. The summed E-state index contributed by atoms with van der Waals surface area (Å²) in [5.41, 5.74) is 2.58. The van der Waals surface area contributed by atoms with Crippen LogP contribution in [0, 0.1) is 6.92 Å². The second-order valence-electron chi connectivity index (χ2n) is 2.73. The molecule has 0 saturated carbocycles. The van der Waals surface area contributed by atoms with E-state index in [1.165, 1.54) is 11.3 Å². The first kappa shape index (κ1) is 11.0. The monoisotopic (exact) mass is 165 g/mol. The topological polar surface area (TPSA) is 3.24 Å². The molecule has 0 fully saturated rings. The molecule has 0 radical (unpaired) electrons. The highest BCUT2D eigenvalue weighted by atomic mass is 15.1. The minimum atomic E-state index is 1.26. The average Bonchev–Trinajstić information content (AvgIpc) is 2.08. The van der Waals surface area contributed by atoms with Crippen LogP contribution in [0.25, 0.3) is 0 Å². The van der Waals surface area contributed by atoms with Gasteiger partial charge in [-0.15, -0.1) is 0 Å². The Hall–Kier alpha value is -0.980. The van der Waals surface area contributed by atoms with Crippen LogP contribution < -0.4 is 4.90 Å². The smallest absolute Gasteiger partial charge is 0.0363 e. The Morgan fingerprint density at radius 2 is 1.67 bits per heavy atom. The van der Waals surface area contributed by atoms with Crippen molar-refractivity contribution in [2.45, 2.75) is 20.8 Å². The zero-order valence-corrected chi connectivity index (χ0v) is 8.76. The van der Waals surface area contributed by atoms with Crippen LogP contribution in [-0.2, 0) is 0 Å². The molecule has 1 heteroatoms. The molecule has 0 aliphatic carbocycles. The van der Waals surface area contributed by atoms with Crippen molar-refractivity contribution in [3.8, 4) is 0 Å². The van der Waals surface area contributed by atoms with Crippen LogP contribution >= 0.6 is 0 Å². The fourth-order valence-corrected chi connectivity index (χ4v) is 0.906. The molecule has 0 atom stereocenters. The largest absolute Gasteiger partial charge is 0.378 e. The molecule has 0 N–H and O–H groups in total. The average molecular weight is 165 g/mol. The van der Waals surface area contributed by atoms with Crippen LogP contribution in [0.2, 0.25) is 0 Å². The van der Waals surface area contributed by atoms with Gasteiger partial charge in [0.1, 0.15) is 0 Å². The maximum atomic E-state index is 2.17. The van der Waals surface area contributed by atoms with Gasteiger partial charge in [0, 0.05) is 19.8 Å². The molecule has 0 heterocycles. The quantitative estimate of drug-likeness (QED) is 0.618. The zero-order valence-electron chi connectivity index (χ0n) is 8.76. The van der Waals surface area contributed by atoms with Crippen LogP contribution in [0.1, 0.15) is 19.4 Å². The second-order valence-corrected chi connectivity index (χ2v) is 2.73. The van der Waals surface area contributed by atoms with Gasteiger partial charge in [0.25, 0.3) is 0 Å². The molecule has 1 rings (SSSR count). The summed E-state index contributed by atoms with van der Waals surface area (Å²) in [4.78, 5) is 2.10. The number of rotatable bonds is 1. The summed E-state index contributed by atoms with van der Waals surface area (Å²) in [6, 6.07) is 8.45. The van der Waals surface area contributed by atoms with E-state index < -0.39 is 0 Å². The van der Waals surface area contributed by atoms with Gasteiger partial charge in [-0.25, -0.2) is 0 Å².